The minimum absolute atomic E-state index is 0.360. The molecule has 0 spiro atoms. The number of aliphatic carboxylic acids is 1. The molecule has 2 rings (SSSR count). The van der Waals surface area contributed by atoms with Gasteiger partial charge in [-0.05, 0) is 12.1 Å². The highest BCUT2D eigenvalue weighted by Crippen LogP contribution is 2.18. The Bertz CT molecular complexity index is 539. The number of carbonyl (C=O) groups is 1. The second kappa shape index (κ2) is 4.75. The minimum atomic E-state index is -1.38. The average molecular weight is 232 g/mol. The van der Waals surface area contributed by atoms with Crippen LogP contribution in [0.4, 0.5) is 5.82 Å². The molecule has 88 valence electrons. The monoisotopic (exact) mass is 232 g/mol. The molecule has 0 radical (unpaired) electrons. The topological polar surface area (TPSA) is 98.2 Å². The normalized spacial score (nSPS) is 12.3. The molecule has 0 amide bonds. The summed E-state index contributed by atoms with van der Waals surface area (Å²) in [6.45, 7) is -0.569. The minimum Gasteiger partial charge on any atom is -0.548 e. The van der Waals surface area contributed by atoms with Gasteiger partial charge in [-0.1, -0.05) is 12.1 Å². The Morgan fingerprint density at radius 2 is 2.18 bits per heavy atom. The van der Waals surface area contributed by atoms with Crippen LogP contribution in [0.2, 0.25) is 0 Å². The molecule has 2 aromatic rings. The molecule has 0 aliphatic rings. The predicted octanol–water partition coefficient (Wildman–Crippen LogP) is -0.847. The second-order valence-corrected chi connectivity index (χ2v) is 3.44. The largest absolute Gasteiger partial charge is 0.548 e. The Balaban J connectivity index is 2.38. The third kappa shape index (κ3) is 2.31. The molecular weight excluding hydrogens is 222 g/mol. The highest BCUT2D eigenvalue weighted by Gasteiger charge is 2.11. The Kier molecular flexibility index (Phi) is 3.15. The summed E-state index contributed by atoms with van der Waals surface area (Å²) in [5, 5.41) is 22.9. The lowest BCUT2D eigenvalue weighted by atomic mass is 10.2. The fourth-order valence-electron chi connectivity index (χ4n) is 1.46. The highest BCUT2D eigenvalue weighted by atomic mass is 16.4. The van der Waals surface area contributed by atoms with Gasteiger partial charge >= 0.3 is 0 Å². The third-order valence-corrected chi connectivity index (χ3v) is 2.32. The van der Waals surface area contributed by atoms with Gasteiger partial charge in [0.1, 0.15) is 12.1 Å². The number of fused-ring (bicyclic) bond motifs is 1. The first-order valence-electron chi connectivity index (χ1n) is 5.00. The first kappa shape index (κ1) is 11.3. The van der Waals surface area contributed by atoms with Crippen LogP contribution in [-0.2, 0) is 4.79 Å². The van der Waals surface area contributed by atoms with Gasteiger partial charge in [-0.25, -0.2) is 9.97 Å². The molecule has 1 aromatic carbocycles. The van der Waals surface area contributed by atoms with Gasteiger partial charge in [0, 0.05) is 5.39 Å². The molecule has 0 saturated heterocycles. The van der Waals surface area contributed by atoms with Gasteiger partial charge in [-0.2, -0.15) is 0 Å². The number of carboxylic acid groups (broad SMARTS) is 1. The fraction of sp³-hybridized carbons (Fsp3) is 0.182. The van der Waals surface area contributed by atoms with Gasteiger partial charge < -0.3 is 20.3 Å². The maximum atomic E-state index is 10.7. The van der Waals surface area contributed by atoms with Crippen LogP contribution in [0.15, 0.2) is 30.6 Å². The Hall–Kier alpha value is -2.21. The van der Waals surface area contributed by atoms with E-state index in [-0.39, 0.29) is 0 Å². The number of anilines is 1. The number of nitrogens with zero attached hydrogens (tertiary/aromatic N) is 2. The van der Waals surface area contributed by atoms with E-state index in [1.54, 1.807) is 18.2 Å². The number of aliphatic hydroxyl groups is 1. The average Bonchev–Trinajstić information content (AvgIpc) is 2.35. The van der Waals surface area contributed by atoms with Crippen molar-refractivity contribution in [1.82, 2.24) is 9.97 Å². The number of carbonyl (C=O) groups excluding carboxylic acids is 1. The Labute approximate surface area is 96.9 Å². The number of rotatable bonds is 4. The molecule has 2 N–H and O–H groups in total. The number of hydrogen-bond donors (Lipinski definition) is 2. The summed E-state index contributed by atoms with van der Waals surface area (Å²) < 4.78 is 0. The van der Waals surface area contributed by atoms with Crippen molar-refractivity contribution in [3.05, 3.63) is 30.6 Å². The van der Waals surface area contributed by atoms with Gasteiger partial charge in [0.05, 0.1) is 24.1 Å². The summed E-state index contributed by atoms with van der Waals surface area (Å²) in [4.78, 5) is 18.7. The summed E-state index contributed by atoms with van der Waals surface area (Å²) in [6.07, 6.45) is 1.33. The summed E-state index contributed by atoms with van der Waals surface area (Å²) in [5.41, 5.74) is 0.694. The first-order chi connectivity index (χ1) is 8.22. The van der Waals surface area contributed by atoms with Crippen molar-refractivity contribution in [3.8, 4) is 0 Å². The number of benzene rings is 1. The number of carboxylic acids is 1. The molecule has 6 heteroatoms. The number of nitrogens with one attached hydrogen (secondary N) is 1. The van der Waals surface area contributed by atoms with E-state index < -0.39 is 18.6 Å². The zero-order valence-corrected chi connectivity index (χ0v) is 8.83. The maximum Gasteiger partial charge on any atom is 0.137 e. The zero-order valence-electron chi connectivity index (χ0n) is 8.83. The van der Waals surface area contributed by atoms with E-state index in [0.29, 0.717) is 16.7 Å². The van der Waals surface area contributed by atoms with Crippen molar-refractivity contribution >= 4 is 22.7 Å². The van der Waals surface area contributed by atoms with Crippen LogP contribution in [0.5, 0.6) is 0 Å². The second-order valence-electron chi connectivity index (χ2n) is 3.44. The summed E-state index contributed by atoms with van der Waals surface area (Å²) in [6, 6.07) is 5.98. The molecule has 0 aliphatic carbocycles. The molecule has 1 unspecified atom stereocenters. The summed E-state index contributed by atoms with van der Waals surface area (Å²) in [5.74, 6) is -1.02. The van der Waals surface area contributed by atoms with Crippen molar-refractivity contribution < 1.29 is 15.0 Å². The van der Waals surface area contributed by atoms with Crippen LogP contribution < -0.4 is 10.4 Å². The highest BCUT2D eigenvalue weighted by molar-refractivity contribution is 5.90. The van der Waals surface area contributed by atoms with Crippen molar-refractivity contribution in [2.45, 2.75) is 6.04 Å². The van der Waals surface area contributed by atoms with Crippen LogP contribution in [0, 0.1) is 0 Å². The lowest BCUT2D eigenvalue weighted by molar-refractivity contribution is -0.307. The molecule has 6 nitrogen and oxygen atoms in total. The van der Waals surface area contributed by atoms with E-state index in [4.69, 9.17) is 5.11 Å². The maximum absolute atomic E-state index is 10.7. The number of aromatic nitrogens is 2. The number of para-hydroxylation sites is 1. The van der Waals surface area contributed by atoms with E-state index in [1.807, 2.05) is 6.07 Å². The lowest BCUT2D eigenvalue weighted by Crippen LogP contribution is -2.43. The smallest absolute Gasteiger partial charge is 0.137 e. The molecule has 1 heterocycles. The van der Waals surface area contributed by atoms with E-state index in [0.717, 1.165) is 0 Å². The molecule has 0 saturated carbocycles. The van der Waals surface area contributed by atoms with Crippen molar-refractivity contribution in [1.29, 1.82) is 0 Å². The first-order valence-corrected chi connectivity index (χ1v) is 5.00. The SMILES string of the molecule is O=C([O-])C(CO)Nc1ncnc2ccccc12. The van der Waals surface area contributed by atoms with Crippen molar-refractivity contribution in [2.75, 3.05) is 11.9 Å². The lowest BCUT2D eigenvalue weighted by Gasteiger charge is -2.18. The summed E-state index contributed by atoms with van der Waals surface area (Å²) >= 11 is 0. The third-order valence-electron chi connectivity index (χ3n) is 2.32. The quantitative estimate of drug-likeness (QED) is 0.712. The Morgan fingerprint density at radius 3 is 2.88 bits per heavy atom. The van der Waals surface area contributed by atoms with Crippen LogP contribution >= 0.6 is 0 Å². The van der Waals surface area contributed by atoms with Crippen LogP contribution in [0.1, 0.15) is 0 Å². The van der Waals surface area contributed by atoms with Gasteiger partial charge in [0.2, 0.25) is 0 Å². The van der Waals surface area contributed by atoms with Crippen LogP contribution in [0.3, 0.4) is 0 Å². The van der Waals surface area contributed by atoms with Crippen molar-refractivity contribution in [3.63, 3.8) is 0 Å². The standard InChI is InChI=1S/C11H11N3O3/c15-5-9(11(16)17)14-10-7-3-1-2-4-8(7)12-6-13-10/h1-4,6,9,15H,5H2,(H,16,17)(H,12,13,14)/p-1. The van der Waals surface area contributed by atoms with Gasteiger partial charge in [-0.3, -0.25) is 0 Å². The molecule has 1 aromatic heterocycles. The number of aliphatic hydroxyl groups excluding tert-OH is 1. The van der Waals surface area contributed by atoms with Crippen LogP contribution in [-0.4, -0.2) is 33.7 Å². The molecule has 0 fully saturated rings. The Morgan fingerprint density at radius 1 is 1.41 bits per heavy atom. The fourth-order valence-corrected chi connectivity index (χ4v) is 1.46. The zero-order chi connectivity index (χ0) is 12.3. The van der Waals surface area contributed by atoms with E-state index in [1.165, 1.54) is 6.33 Å². The van der Waals surface area contributed by atoms with Crippen LogP contribution in [0.25, 0.3) is 10.9 Å². The van der Waals surface area contributed by atoms with Gasteiger partial charge in [0.25, 0.3) is 0 Å². The number of hydrogen-bond acceptors (Lipinski definition) is 6. The van der Waals surface area contributed by atoms with E-state index in [2.05, 4.69) is 15.3 Å². The molecule has 0 bridgehead atoms. The van der Waals surface area contributed by atoms with Gasteiger partial charge in [-0.15, -0.1) is 0 Å². The predicted molar refractivity (Wildman–Crippen MR) is 59.0 cm³/mol. The van der Waals surface area contributed by atoms with E-state index >= 15 is 0 Å². The molecular formula is C11H10N3O3-. The van der Waals surface area contributed by atoms with Gasteiger partial charge in [0.15, 0.2) is 0 Å². The molecule has 1 atom stereocenters. The summed E-state index contributed by atoms with van der Waals surface area (Å²) in [7, 11) is 0. The van der Waals surface area contributed by atoms with Crippen molar-refractivity contribution in [2.24, 2.45) is 0 Å². The molecule has 0 aliphatic heterocycles. The van der Waals surface area contributed by atoms with E-state index in [9.17, 15) is 9.90 Å². The molecule has 17 heavy (non-hydrogen) atoms.